The summed E-state index contributed by atoms with van der Waals surface area (Å²) in [6, 6.07) is 2.32. The molecular weight excluding hydrogens is 318 g/mol. The van der Waals surface area contributed by atoms with Gasteiger partial charge in [0.25, 0.3) is 0 Å². The molecule has 1 aromatic rings. The Morgan fingerprint density at radius 2 is 2.04 bits per heavy atom. The molecular formula is C19H27N3OS. The van der Waals surface area contributed by atoms with Crippen LogP contribution in [0.1, 0.15) is 55.5 Å². The van der Waals surface area contributed by atoms with Crippen LogP contribution >= 0.6 is 11.3 Å². The second-order valence-electron chi connectivity index (χ2n) is 7.49. The van der Waals surface area contributed by atoms with Crippen molar-refractivity contribution in [3.63, 3.8) is 0 Å². The molecule has 2 aliphatic rings. The number of anilines is 1. The predicted molar refractivity (Wildman–Crippen MR) is 98.3 cm³/mol. The fourth-order valence-corrected chi connectivity index (χ4v) is 5.07. The van der Waals surface area contributed by atoms with Gasteiger partial charge in [-0.3, -0.25) is 4.79 Å². The number of nitriles is 1. The van der Waals surface area contributed by atoms with E-state index in [4.69, 9.17) is 0 Å². The molecule has 130 valence electrons. The van der Waals surface area contributed by atoms with Gasteiger partial charge in [-0.05, 0) is 62.6 Å². The van der Waals surface area contributed by atoms with Gasteiger partial charge in [0.05, 0.1) is 5.56 Å². The molecule has 0 radical (unpaired) electrons. The standard InChI is InChI=1S/C19H27N3OS/c1-13-5-8-22(9-6-13)10-7-18(23)21-19-16(12-20)15-4-3-14(2)11-17(15)24-19/h13-14H,3-11H2,1-2H3,(H,21,23). The van der Waals surface area contributed by atoms with E-state index >= 15 is 0 Å². The number of thiophene rings is 1. The zero-order valence-electron chi connectivity index (χ0n) is 14.7. The molecule has 0 aromatic carbocycles. The third-order valence-corrected chi connectivity index (χ3v) is 6.58. The highest BCUT2D eigenvalue weighted by Gasteiger charge is 2.25. The second kappa shape index (κ2) is 7.67. The first-order chi connectivity index (χ1) is 11.6. The molecule has 1 atom stereocenters. The van der Waals surface area contributed by atoms with Gasteiger partial charge in [-0.25, -0.2) is 0 Å². The summed E-state index contributed by atoms with van der Waals surface area (Å²) in [5.41, 5.74) is 1.89. The largest absolute Gasteiger partial charge is 0.317 e. The van der Waals surface area contributed by atoms with Crippen molar-refractivity contribution in [3.8, 4) is 6.07 Å². The zero-order chi connectivity index (χ0) is 17.1. The third kappa shape index (κ3) is 3.99. The van der Waals surface area contributed by atoms with E-state index in [0.717, 1.165) is 49.8 Å². The summed E-state index contributed by atoms with van der Waals surface area (Å²) < 4.78 is 0. The molecule has 1 aromatic heterocycles. The van der Waals surface area contributed by atoms with E-state index in [1.165, 1.54) is 23.3 Å². The maximum atomic E-state index is 12.3. The summed E-state index contributed by atoms with van der Waals surface area (Å²) in [5.74, 6) is 1.53. The average molecular weight is 346 g/mol. The van der Waals surface area contributed by atoms with Crippen LogP contribution < -0.4 is 5.32 Å². The molecule has 1 amide bonds. The number of piperidine rings is 1. The number of likely N-dealkylation sites (tertiary alicyclic amines) is 1. The van der Waals surface area contributed by atoms with E-state index in [1.807, 2.05) is 0 Å². The van der Waals surface area contributed by atoms with E-state index in [1.54, 1.807) is 11.3 Å². The number of rotatable bonds is 4. The Hall–Kier alpha value is -1.38. The maximum Gasteiger partial charge on any atom is 0.226 e. The van der Waals surface area contributed by atoms with Gasteiger partial charge >= 0.3 is 0 Å². The fraction of sp³-hybridized carbons (Fsp3) is 0.684. The van der Waals surface area contributed by atoms with Gasteiger partial charge in [-0.1, -0.05) is 13.8 Å². The SMILES string of the molecule is CC1CCN(CCC(=O)Nc2sc3c(c2C#N)CCC(C)C3)CC1. The van der Waals surface area contributed by atoms with Crippen LogP contribution in [0.15, 0.2) is 0 Å². The van der Waals surface area contributed by atoms with E-state index < -0.39 is 0 Å². The third-order valence-electron chi connectivity index (χ3n) is 5.41. The Morgan fingerprint density at radius 1 is 1.29 bits per heavy atom. The molecule has 2 heterocycles. The smallest absolute Gasteiger partial charge is 0.226 e. The average Bonchev–Trinajstić information content (AvgIpc) is 2.90. The van der Waals surface area contributed by atoms with Crippen LogP contribution in [0, 0.1) is 23.2 Å². The summed E-state index contributed by atoms with van der Waals surface area (Å²) in [4.78, 5) is 16.0. The molecule has 24 heavy (non-hydrogen) atoms. The van der Waals surface area contributed by atoms with Gasteiger partial charge in [-0.15, -0.1) is 11.3 Å². The van der Waals surface area contributed by atoms with Crippen molar-refractivity contribution in [2.45, 2.75) is 52.4 Å². The number of carbonyl (C=O) groups excluding carboxylic acids is 1. The Labute approximate surface area is 148 Å². The Bertz CT molecular complexity index is 638. The van der Waals surface area contributed by atoms with Crippen molar-refractivity contribution in [3.05, 3.63) is 16.0 Å². The lowest BCUT2D eigenvalue weighted by molar-refractivity contribution is -0.116. The molecule has 0 bridgehead atoms. The highest BCUT2D eigenvalue weighted by atomic mass is 32.1. The van der Waals surface area contributed by atoms with Crippen LogP contribution in [0.5, 0.6) is 0 Å². The molecule has 0 spiro atoms. The first-order valence-electron chi connectivity index (χ1n) is 9.13. The molecule has 1 saturated heterocycles. The minimum atomic E-state index is 0.0387. The number of nitrogens with zero attached hydrogens (tertiary/aromatic N) is 2. The van der Waals surface area contributed by atoms with Gasteiger partial charge in [-0.2, -0.15) is 5.26 Å². The Balaban J connectivity index is 1.57. The molecule has 1 aliphatic carbocycles. The zero-order valence-corrected chi connectivity index (χ0v) is 15.5. The van der Waals surface area contributed by atoms with Crippen molar-refractivity contribution in [1.29, 1.82) is 5.26 Å². The molecule has 3 rings (SSSR count). The summed E-state index contributed by atoms with van der Waals surface area (Å²) in [5, 5.41) is 13.3. The van der Waals surface area contributed by atoms with Crippen molar-refractivity contribution < 1.29 is 4.79 Å². The quantitative estimate of drug-likeness (QED) is 0.903. The lowest BCUT2D eigenvalue weighted by Crippen LogP contribution is -2.35. The summed E-state index contributed by atoms with van der Waals surface area (Å²) >= 11 is 1.61. The van der Waals surface area contributed by atoms with Crippen molar-refractivity contribution in [2.24, 2.45) is 11.8 Å². The molecule has 5 heteroatoms. The number of hydrogen-bond donors (Lipinski definition) is 1. The van der Waals surface area contributed by atoms with E-state index in [-0.39, 0.29) is 5.91 Å². The van der Waals surface area contributed by atoms with Gasteiger partial charge in [0, 0.05) is 17.8 Å². The highest BCUT2D eigenvalue weighted by Crippen LogP contribution is 2.39. The minimum absolute atomic E-state index is 0.0387. The van der Waals surface area contributed by atoms with Gasteiger partial charge < -0.3 is 10.2 Å². The van der Waals surface area contributed by atoms with Crippen LogP contribution in [0.3, 0.4) is 0 Å². The monoisotopic (exact) mass is 345 g/mol. The minimum Gasteiger partial charge on any atom is -0.317 e. The number of carbonyl (C=O) groups is 1. The first-order valence-corrected chi connectivity index (χ1v) is 9.95. The number of amides is 1. The van der Waals surface area contributed by atoms with Crippen LogP contribution in [-0.4, -0.2) is 30.4 Å². The maximum absolute atomic E-state index is 12.3. The lowest BCUT2D eigenvalue weighted by Gasteiger charge is -2.29. The highest BCUT2D eigenvalue weighted by molar-refractivity contribution is 7.16. The molecule has 4 nitrogen and oxygen atoms in total. The summed E-state index contributed by atoms with van der Waals surface area (Å²) in [7, 11) is 0. The van der Waals surface area contributed by atoms with Crippen molar-refractivity contribution in [2.75, 3.05) is 25.0 Å². The van der Waals surface area contributed by atoms with Gasteiger partial charge in [0.15, 0.2) is 0 Å². The summed E-state index contributed by atoms with van der Waals surface area (Å²) in [6.07, 6.45) is 6.12. The molecule has 1 aliphatic heterocycles. The molecule has 0 saturated carbocycles. The van der Waals surface area contributed by atoms with Crippen LogP contribution in [0.25, 0.3) is 0 Å². The second-order valence-corrected chi connectivity index (χ2v) is 8.60. The van der Waals surface area contributed by atoms with Crippen LogP contribution in [0.2, 0.25) is 0 Å². The van der Waals surface area contributed by atoms with E-state index in [9.17, 15) is 10.1 Å². The molecule has 1 unspecified atom stereocenters. The van der Waals surface area contributed by atoms with E-state index in [0.29, 0.717) is 17.9 Å². The topological polar surface area (TPSA) is 56.1 Å². The molecule has 1 N–H and O–H groups in total. The fourth-order valence-electron chi connectivity index (χ4n) is 3.69. The van der Waals surface area contributed by atoms with Crippen molar-refractivity contribution in [1.82, 2.24) is 4.90 Å². The molecule has 1 fully saturated rings. The van der Waals surface area contributed by atoms with Gasteiger partial charge in [0.2, 0.25) is 5.91 Å². The van der Waals surface area contributed by atoms with Crippen LogP contribution in [0.4, 0.5) is 5.00 Å². The summed E-state index contributed by atoms with van der Waals surface area (Å²) in [6.45, 7) is 7.58. The van der Waals surface area contributed by atoms with Crippen molar-refractivity contribution >= 4 is 22.2 Å². The number of nitrogens with one attached hydrogen (secondary N) is 1. The Morgan fingerprint density at radius 3 is 2.75 bits per heavy atom. The van der Waals surface area contributed by atoms with Crippen LogP contribution in [-0.2, 0) is 17.6 Å². The van der Waals surface area contributed by atoms with E-state index in [2.05, 4.69) is 30.1 Å². The van der Waals surface area contributed by atoms with Gasteiger partial charge in [0.1, 0.15) is 11.1 Å². The Kier molecular flexibility index (Phi) is 5.57. The predicted octanol–water partition coefficient (Wildman–Crippen LogP) is 3.81. The number of hydrogen-bond acceptors (Lipinski definition) is 4. The number of fused-ring (bicyclic) bond motifs is 1. The first kappa shape index (κ1) is 17.4. The normalized spacial score (nSPS) is 22.0. The lowest BCUT2D eigenvalue weighted by atomic mass is 9.89.